The number of ether oxygens (including phenoxy) is 2. The highest BCUT2D eigenvalue weighted by Crippen LogP contribution is 2.44. The second-order valence-electron chi connectivity index (χ2n) is 12.7. The number of rotatable bonds is 11. The third-order valence-electron chi connectivity index (χ3n) is 7.60. The number of amides is 3. The molecule has 0 saturated heterocycles. The number of alkyl carbamates (subject to hydrolysis) is 1. The van der Waals surface area contributed by atoms with Crippen LogP contribution in [-0.4, -0.2) is 54.2 Å². The molecule has 0 unspecified atom stereocenters. The standard InChI is InChI=1S/C36H43N3O6/c1-22(2)31(39-35(43)44-21-29-27-18-12-10-16-25(27)26-17-11-13-19-28(26)29)33(41)38-30(20-24-14-8-7-9-15-24)32(40)37-23(3)34(42)45-36(4,5)6/h7-19,22-23,29-31H,20-21H2,1-6H3,(H,37,40)(H,38,41)(H,39,43)/t23-,30-,31-/m0/s1. The molecule has 9 heteroatoms. The molecule has 0 saturated carbocycles. The van der Waals surface area contributed by atoms with Gasteiger partial charge in [0, 0.05) is 12.3 Å². The summed E-state index contributed by atoms with van der Waals surface area (Å²) in [7, 11) is 0. The van der Waals surface area contributed by atoms with Gasteiger partial charge in [-0.15, -0.1) is 0 Å². The van der Waals surface area contributed by atoms with E-state index < -0.39 is 47.6 Å². The van der Waals surface area contributed by atoms with E-state index in [2.05, 4.69) is 28.1 Å². The van der Waals surface area contributed by atoms with Gasteiger partial charge >= 0.3 is 12.1 Å². The third-order valence-corrected chi connectivity index (χ3v) is 7.60. The van der Waals surface area contributed by atoms with Crippen molar-refractivity contribution in [3.05, 3.63) is 95.6 Å². The predicted octanol–water partition coefficient (Wildman–Crippen LogP) is 5.12. The summed E-state index contributed by atoms with van der Waals surface area (Å²) in [6.45, 7) is 10.5. The van der Waals surface area contributed by atoms with E-state index in [0.717, 1.165) is 27.8 Å². The van der Waals surface area contributed by atoms with E-state index in [0.29, 0.717) is 0 Å². The normalized spacial score (nSPS) is 14.4. The Kier molecular flexibility index (Phi) is 10.6. The van der Waals surface area contributed by atoms with Gasteiger partial charge in [0.25, 0.3) is 0 Å². The molecule has 9 nitrogen and oxygen atoms in total. The lowest BCUT2D eigenvalue weighted by Crippen LogP contribution is -2.57. The highest BCUT2D eigenvalue weighted by molar-refractivity contribution is 5.93. The molecule has 3 aromatic rings. The zero-order valence-electron chi connectivity index (χ0n) is 26.8. The molecule has 3 aromatic carbocycles. The summed E-state index contributed by atoms with van der Waals surface area (Å²) < 4.78 is 11.1. The molecule has 0 fully saturated rings. The van der Waals surface area contributed by atoms with Crippen LogP contribution in [0.15, 0.2) is 78.9 Å². The minimum Gasteiger partial charge on any atom is -0.458 e. The summed E-state index contributed by atoms with van der Waals surface area (Å²) in [5, 5.41) is 8.16. The maximum atomic E-state index is 13.6. The first kappa shape index (κ1) is 33.2. The van der Waals surface area contributed by atoms with Crippen LogP contribution in [0.2, 0.25) is 0 Å². The first-order chi connectivity index (χ1) is 21.3. The number of hydrogen-bond acceptors (Lipinski definition) is 6. The fourth-order valence-electron chi connectivity index (χ4n) is 5.39. The van der Waals surface area contributed by atoms with Crippen LogP contribution in [0.25, 0.3) is 11.1 Å². The minimum absolute atomic E-state index is 0.105. The summed E-state index contributed by atoms with van der Waals surface area (Å²) in [5.74, 6) is -2.11. The molecule has 3 N–H and O–H groups in total. The Morgan fingerprint density at radius 1 is 0.733 bits per heavy atom. The van der Waals surface area contributed by atoms with Crippen molar-refractivity contribution in [3.63, 3.8) is 0 Å². The molecule has 3 amide bonds. The van der Waals surface area contributed by atoms with Gasteiger partial charge in [-0.3, -0.25) is 9.59 Å². The van der Waals surface area contributed by atoms with Gasteiger partial charge in [0.05, 0.1) is 0 Å². The van der Waals surface area contributed by atoms with Gasteiger partial charge in [-0.2, -0.15) is 0 Å². The van der Waals surface area contributed by atoms with E-state index in [4.69, 9.17) is 9.47 Å². The molecule has 0 aromatic heterocycles. The molecule has 0 radical (unpaired) electrons. The molecule has 0 heterocycles. The van der Waals surface area contributed by atoms with Gasteiger partial charge in [0.1, 0.15) is 30.3 Å². The van der Waals surface area contributed by atoms with Gasteiger partial charge < -0.3 is 25.4 Å². The smallest absolute Gasteiger partial charge is 0.407 e. The van der Waals surface area contributed by atoms with Crippen molar-refractivity contribution in [2.24, 2.45) is 5.92 Å². The van der Waals surface area contributed by atoms with Gasteiger partial charge in [0.2, 0.25) is 11.8 Å². The Morgan fingerprint density at radius 2 is 1.29 bits per heavy atom. The Bertz CT molecular complexity index is 1470. The molecule has 0 spiro atoms. The van der Waals surface area contributed by atoms with E-state index in [-0.39, 0.29) is 24.9 Å². The average Bonchev–Trinajstić information content (AvgIpc) is 3.31. The molecule has 45 heavy (non-hydrogen) atoms. The van der Waals surface area contributed by atoms with Crippen molar-refractivity contribution >= 4 is 23.9 Å². The largest absolute Gasteiger partial charge is 0.458 e. The zero-order chi connectivity index (χ0) is 32.7. The third kappa shape index (κ3) is 8.71. The number of fused-ring (bicyclic) bond motifs is 3. The highest BCUT2D eigenvalue weighted by Gasteiger charge is 2.33. The summed E-state index contributed by atoms with van der Waals surface area (Å²) in [5.41, 5.74) is 4.49. The lowest BCUT2D eigenvalue weighted by Gasteiger charge is -2.27. The maximum absolute atomic E-state index is 13.6. The van der Waals surface area contributed by atoms with E-state index in [1.165, 1.54) is 6.92 Å². The Labute approximate surface area is 265 Å². The second kappa shape index (κ2) is 14.4. The predicted molar refractivity (Wildman–Crippen MR) is 172 cm³/mol. The Hall–Kier alpha value is -4.66. The number of nitrogens with one attached hydrogen (secondary N) is 3. The second-order valence-corrected chi connectivity index (χ2v) is 12.7. The Morgan fingerprint density at radius 3 is 1.84 bits per heavy atom. The summed E-state index contributed by atoms with van der Waals surface area (Å²) in [4.78, 5) is 52.5. The first-order valence-electron chi connectivity index (χ1n) is 15.3. The molecule has 4 rings (SSSR count). The molecular formula is C36H43N3O6. The number of hydrogen-bond donors (Lipinski definition) is 3. The first-order valence-corrected chi connectivity index (χ1v) is 15.3. The minimum atomic E-state index is -1.02. The topological polar surface area (TPSA) is 123 Å². The van der Waals surface area contributed by atoms with E-state index in [1.807, 2.05) is 66.7 Å². The molecule has 0 bridgehead atoms. The fourth-order valence-corrected chi connectivity index (χ4v) is 5.39. The monoisotopic (exact) mass is 613 g/mol. The fraction of sp³-hybridized carbons (Fsp3) is 0.389. The van der Waals surface area contributed by atoms with Crippen molar-refractivity contribution in [2.45, 2.75) is 77.6 Å². The van der Waals surface area contributed by atoms with Gasteiger partial charge in [-0.25, -0.2) is 9.59 Å². The SMILES string of the molecule is CC(C)[C@H](NC(=O)OCC1c2ccccc2-c2ccccc21)C(=O)N[C@@H](Cc1ccccc1)C(=O)N[C@@H](C)C(=O)OC(C)(C)C. The highest BCUT2D eigenvalue weighted by atomic mass is 16.6. The van der Waals surface area contributed by atoms with Gasteiger partial charge in [-0.1, -0.05) is 92.7 Å². The Balaban J connectivity index is 1.43. The van der Waals surface area contributed by atoms with Crippen LogP contribution in [0.1, 0.15) is 64.2 Å². The van der Waals surface area contributed by atoms with Crippen LogP contribution in [0.3, 0.4) is 0 Å². The van der Waals surface area contributed by atoms with E-state index in [9.17, 15) is 19.2 Å². The van der Waals surface area contributed by atoms with Crippen LogP contribution in [0, 0.1) is 5.92 Å². The molecule has 3 atom stereocenters. The van der Waals surface area contributed by atoms with Crippen LogP contribution in [0.5, 0.6) is 0 Å². The summed E-state index contributed by atoms with van der Waals surface area (Å²) in [6, 6.07) is 22.4. The molecular weight excluding hydrogens is 570 g/mol. The van der Waals surface area contributed by atoms with Crippen molar-refractivity contribution in [3.8, 4) is 11.1 Å². The van der Waals surface area contributed by atoms with Crippen molar-refractivity contribution in [1.82, 2.24) is 16.0 Å². The molecule has 1 aliphatic rings. The lowest BCUT2D eigenvalue weighted by atomic mass is 9.98. The molecule has 238 valence electrons. The van der Waals surface area contributed by atoms with Crippen molar-refractivity contribution < 1.29 is 28.7 Å². The number of esters is 1. The summed E-state index contributed by atoms with van der Waals surface area (Å²) >= 11 is 0. The number of benzene rings is 3. The van der Waals surface area contributed by atoms with E-state index in [1.54, 1.807) is 34.6 Å². The average molecular weight is 614 g/mol. The zero-order valence-corrected chi connectivity index (χ0v) is 26.8. The lowest BCUT2D eigenvalue weighted by molar-refractivity contribution is -0.158. The molecule has 0 aliphatic heterocycles. The molecule has 1 aliphatic carbocycles. The van der Waals surface area contributed by atoms with Crippen molar-refractivity contribution in [1.29, 1.82) is 0 Å². The summed E-state index contributed by atoms with van der Waals surface area (Å²) in [6.07, 6.45) is -0.553. The quantitative estimate of drug-likeness (QED) is 0.258. The number of carbonyl (C=O) groups is 4. The van der Waals surface area contributed by atoms with Crippen molar-refractivity contribution in [2.75, 3.05) is 6.61 Å². The number of carbonyl (C=O) groups excluding carboxylic acids is 4. The maximum Gasteiger partial charge on any atom is 0.407 e. The van der Waals surface area contributed by atoms with Crippen LogP contribution < -0.4 is 16.0 Å². The van der Waals surface area contributed by atoms with Gasteiger partial charge in [0.15, 0.2) is 0 Å². The van der Waals surface area contributed by atoms with Crippen LogP contribution in [0.4, 0.5) is 4.79 Å². The van der Waals surface area contributed by atoms with E-state index >= 15 is 0 Å². The van der Waals surface area contributed by atoms with Gasteiger partial charge in [-0.05, 0) is 61.4 Å². The van der Waals surface area contributed by atoms with Crippen LogP contribution in [-0.2, 0) is 30.3 Å². The van der Waals surface area contributed by atoms with Crippen LogP contribution >= 0.6 is 0 Å².